The van der Waals surface area contributed by atoms with Gasteiger partial charge in [-0.3, -0.25) is 19.1 Å². The summed E-state index contributed by atoms with van der Waals surface area (Å²) in [7, 11) is 0. The van der Waals surface area contributed by atoms with Gasteiger partial charge in [0, 0.05) is 23.0 Å². The summed E-state index contributed by atoms with van der Waals surface area (Å²) in [6, 6.07) is 6.56. The highest BCUT2D eigenvalue weighted by atomic mass is 35.5. The summed E-state index contributed by atoms with van der Waals surface area (Å²) in [5, 5.41) is 0.917. The summed E-state index contributed by atoms with van der Waals surface area (Å²) in [6.07, 6.45) is 1.78. The van der Waals surface area contributed by atoms with Crippen LogP contribution >= 0.6 is 22.9 Å². The van der Waals surface area contributed by atoms with Crippen molar-refractivity contribution in [3.8, 4) is 5.69 Å². The number of primary amides is 1. The SMILES string of the molecule is CCCN1CCc2c(sc3c2c(=O)n(-c2cccc(Cl)c2)c(=O)n3CC(N)=O)C1. The smallest absolute Gasteiger partial charge is 0.337 e. The first kappa shape index (κ1) is 19.9. The number of nitrogens with zero attached hydrogens (tertiary/aromatic N) is 3. The Kier molecular flexibility index (Phi) is 5.33. The van der Waals surface area contributed by atoms with Crippen molar-refractivity contribution >= 4 is 39.1 Å². The number of carbonyl (C=O) groups is 1. The van der Waals surface area contributed by atoms with E-state index >= 15 is 0 Å². The van der Waals surface area contributed by atoms with E-state index in [1.54, 1.807) is 24.3 Å². The molecule has 3 aromatic rings. The van der Waals surface area contributed by atoms with Gasteiger partial charge in [-0.25, -0.2) is 9.36 Å². The molecule has 29 heavy (non-hydrogen) atoms. The first-order valence-corrected chi connectivity index (χ1v) is 10.7. The molecule has 1 aliphatic heterocycles. The molecule has 7 nitrogen and oxygen atoms in total. The summed E-state index contributed by atoms with van der Waals surface area (Å²) < 4.78 is 2.40. The number of nitrogens with two attached hydrogens (primary N) is 1. The van der Waals surface area contributed by atoms with E-state index in [-0.39, 0.29) is 12.1 Å². The Morgan fingerprint density at radius 2 is 2.10 bits per heavy atom. The van der Waals surface area contributed by atoms with Gasteiger partial charge in [-0.15, -0.1) is 11.3 Å². The lowest BCUT2D eigenvalue weighted by Gasteiger charge is -2.26. The summed E-state index contributed by atoms with van der Waals surface area (Å²) in [5.74, 6) is -0.635. The fraction of sp³-hybridized carbons (Fsp3) is 0.350. The molecule has 0 bridgehead atoms. The molecule has 0 unspecified atom stereocenters. The molecule has 1 aliphatic rings. The van der Waals surface area contributed by atoms with Crippen molar-refractivity contribution < 1.29 is 4.79 Å². The Labute approximate surface area is 175 Å². The van der Waals surface area contributed by atoms with E-state index in [4.69, 9.17) is 17.3 Å². The second-order valence-corrected chi connectivity index (χ2v) is 8.69. The van der Waals surface area contributed by atoms with E-state index in [1.807, 2.05) is 0 Å². The van der Waals surface area contributed by atoms with E-state index in [9.17, 15) is 14.4 Å². The molecular formula is C20H21ClN4O3S. The van der Waals surface area contributed by atoms with E-state index in [1.165, 1.54) is 15.9 Å². The van der Waals surface area contributed by atoms with Crippen molar-refractivity contribution in [1.29, 1.82) is 0 Å². The van der Waals surface area contributed by atoms with Crippen molar-refractivity contribution in [3.05, 3.63) is 60.6 Å². The average molecular weight is 433 g/mol. The van der Waals surface area contributed by atoms with Crippen LogP contribution in [0.2, 0.25) is 5.02 Å². The van der Waals surface area contributed by atoms with Gasteiger partial charge in [0.05, 0.1) is 11.1 Å². The molecule has 152 valence electrons. The second kappa shape index (κ2) is 7.78. The summed E-state index contributed by atoms with van der Waals surface area (Å²) >= 11 is 7.49. The summed E-state index contributed by atoms with van der Waals surface area (Å²) in [5.41, 5.74) is 5.78. The quantitative estimate of drug-likeness (QED) is 0.668. The van der Waals surface area contributed by atoms with Gasteiger partial charge in [0.1, 0.15) is 11.4 Å². The highest BCUT2D eigenvalue weighted by molar-refractivity contribution is 7.18. The highest BCUT2D eigenvalue weighted by Gasteiger charge is 2.26. The van der Waals surface area contributed by atoms with E-state index < -0.39 is 11.6 Å². The summed E-state index contributed by atoms with van der Waals surface area (Å²) in [6.45, 7) is 4.43. The number of fused-ring (bicyclic) bond motifs is 3. The lowest BCUT2D eigenvalue weighted by molar-refractivity contribution is -0.118. The van der Waals surface area contributed by atoms with Gasteiger partial charge in [-0.2, -0.15) is 0 Å². The van der Waals surface area contributed by atoms with Crippen LogP contribution in [-0.2, 0) is 24.3 Å². The van der Waals surface area contributed by atoms with Crippen molar-refractivity contribution in [2.45, 2.75) is 32.9 Å². The molecule has 9 heteroatoms. The van der Waals surface area contributed by atoms with Crippen LogP contribution in [-0.4, -0.2) is 33.0 Å². The minimum atomic E-state index is -0.635. The Morgan fingerprint density at radius 3 is 2.79 bits per heavy atom. The van der Waals surface area contributed by atoms with E-state index in [0.717, 1.165) is 47.5 Å². The minimum Gasteiger partial charge on any atom is -0.368 e. The van der Waals surface area contributed by atoms with Crippen LogP contribution in [0.4, 0.5) is 0 Å². The van der Waals surface area contributed by atoms with Crippen LogP contribution in [0.3, 0.4) is 0 Å². The largest absolute Gasteiger partial charge is 0.368 e. The third kappa shape index (κ3) is 3.52. The van der Waals surface area contributed by atoms with Crippen molar-refractivity contribution in [3.63, 3.8) is 0 Å². The molecule has 0 saturated carbocycles. The molecule has 0 spiro atoms. The number of hydrogen-bond acceptors (Lipinski definition) is 5. The van der Waals surface area contributed by atoms with Crippen molar-refractivity contribution in [2.24, 2.45) is 5.73 Å². The molecular weight excluding hydrogens is 412 g/mol. The third-order valence-electron chi connectivity index (χ3n) is 5.12. The third-order valence-corrected chi connectivity index (χ3v) is 6.60. The Bertz CT molecular complexity index is 1230. The van der Waals surface area contributed by atoms with Gasteiger partial charge in [0.15, 0.2) is 0 Å². The molecule has 0 aliphatic carbocycles. The zero-order valence-corrected chi connectivity index (χ0v) is 17.6. The van der Waals surface area contributed by atoms with Crippen LogP contribution in [0.5, 0.6) is 0 Å². The molecule has 1 amide bonds. The van der Waals surface area contributed by atoms with Crippen LogP contribution in [0.25, 0.3) is 15.9 Å². The number of hydrogen-bond donors (Lipinski definition) is 1. The van der Waals surface area contributed by atoms with E-state index in [2.05, 4.69) is 11.8 Å². The topological polar surface area (TPSA) is 90.3 Å². The number of halogens is 1. The van der Waals surface area contributed by atoms with Gasteiger partial charge in [0.2, 0.25) is 5.91 Å². The first-order valence-electron chi connectivity index (χ1n) is 9.47. The molecule has 0 saturated heterocycles. The predicted octanol–water partition coefficient (Wildman–Crippen LogP) is 2.12. The molecule has 3 heterocycles. The van der Waals surface area contributed by atoms with Gasteiger partial charge < -0.3 is 5.73 Å². The van der Waals surface area contributed by atoms with Crippen LogP contribution < -0.4 is 17.0 Å². The fourth-order valence-corrected chi connectivity index (χ4v) is 5.46. The number of carbonyl (C=O) groups excluding carboxylic acids is 1. The molecule has 2 aromatic heterocycles. The summed E-state index contributed by atoms with van der Waals surface area (Å²) in [4.78, 5) is 42.2. The van der Waals surface area contributed by atoms with Gasteiger partial charge in [-0.05, 0) is 43.1 Å². The van der Waals surface area contributed by atoms with Crippen LogP contribution in [0.15, 0.2) is 33.9 Å². The van der Waals surface area contributed by atoms with Crippen molar-refractivity contribution in [1.82, 2.24) is 14.0 Å². The van der Waals surface area contributed by atoms with Crippen LogP contribution in [0, 0.1) is 0 Å². The lowest BCUT2D eigenvalue weighted by Crippen LogP contribution is -2.41. The average Bonchev–Trinajstić information content (AvgIpc) is 3.04. The zero-order chi connectivity index (χ0) is 20.7. The number of aromatic nitrogens is 2. The van der Waals surface area contributed by atoms with Crippen LogP contribution in [0.1, 0.15) is 23.8 Å². The predicted molar refractivity (Wildman–Crippen MR) is 115 cm³/mol. The maximum absolute atomic E-state index is 13.4. The number of thiophene rings is 1. The minimum absolute atomic E-state index is 0.283. The van der Waals surface area contributed by atoms with Gasteiger partial charge in [0.25, 0.3) is 5.56 Å². The maximum atomic E-state index is 13.4. The first-order chi connectivity index (χ1) is 13.9. The second-order valence-electron chi connectivity index (χ2n) is 7.17. The number of rotatable bonds is 5. The monoisotopic (exact) mass is 432 g/mol. The normalized spacial score (nSPS) is 14.3. The maximum Gasteiger partial charge on any atom is 0.337 e. The molecule has 0 radical (unpaired) electrons. The fourth-order valence-electron chi connectivity index (χ4n) is 3.90. The van der Waals surface area contributed by atoms with Gasteiger partial charge >= 0.3 is 5.69 Å². The molecule has 2 N–H and O–H groups in total. The standard InChI is InChI=1S/C20H21ClN4O3S/c1-2-7-23-8-6-14-15(10-23)29-19-17(14)18(27)25(13-5-3-4-12(21)9-13)20(28)24(19)11-16(22)26/h3-5,9H,2,6-8,10-11H2,1H3,(H2,22,26). The Hall–Kier alpha value is -2.42. The lowest BCUT2D eigenvalue weighted by atomic mass is 10.1. The number of benzene rings is 1. The molecule has 4 rings (SSSR count). The van der Waals surface area contributed by atoms with E-state index in [0.29, 0.717) is 20.9 Å². The number of amides is 1. The zero-order valence-electron chi connectivity index (χ0n) is 16.0. The van der Waals surface area contributed by atoms with Crippen molar-refractivity contribution in [2.75, 3.05) is 13.1 Å². The molecule has 0 atom stereocenters. The Morgan fingerprint density at radius 1 is 1.31 bits per heavy atom. The molecule has 1 aromatic carbocycles. The van der Waals surface area contributed by atoms with Gasteiger partial charge in [-0.1, -0.05) is 24.6 Å². The Balaban J connectivity index is 2.02. The molecule has 0 fully saturated rings. The highest BCUT2D eigenvalue weighted by Crippen LogP contribution is 2.33.